The summed E-state index contributed by atoms with van der Waals surface area (Å²) >= 11 is 0. The Labute approximate surface area is 228 Å². The van der Waals surface area contributed by atoms with Crippen molar-refractivity contribution in [3.63, 3.8) is 0 Å². The number of para-hydroxylation sites is 1. The van der Waals surface area contributed by atoms with Crippen LogP contribution in [-0.2, 0) is 11.2 Å². The van der Waals surface area contributed by atoms with E-state index in [4.69, 9.17) is 14.5 Å². The van der Waals surface area contributed by atoms with Crippen molar-refractivity contribution in [2.24, 2.45) is 0 Å². The molecule has 2 aromatic carbocycles. The van der Waals surface area contributed by atoms with E-state index in [2.05, 4.69) is 39.4 Å². The molecule has 202 valence electrons. The molecule has 39 heavy (non-hydrogen) atoms. The lowest BCUT2D eigenvalue weighted by Gasteiger charge is -2.26. The van der Waals surface area contributed by atoms with Gasteiger partial charge >= 0.3 is 0 Å². The van der Waals surface area contributed by atoms with E-state index in [1.807, 2.05) is 54.3 Å². The van der Waals surface area contributed by atoms with Gasteiger partial charge in [-0.15, -0.1) is 0 Å². The zero-order chi connectivity index (χ0) is 27.0. The molecule has 0 spiro atoms. The summed E-state index contributed by atoms with van der Waals surface area (Å²) in [6, 6.07) is 18.1. The van der Waals surface area contributed by atoms with Crippen molar-refractivity contribution in [3.8, 4) is 17.4 Å². The molecule has 0 saturated carbocycles. The quantitative estimate of drug-likeness (QED) is 0.300. The molecule has 10 nitrogen and oxygen atoms in total. The van der Waals surface area contributed by atoms with E-state index in [0.29, 0.717) is 31.3 Å². The summed E-state index contributed by atoms with van der Waals surface area (Å²) in [6.45, 7) is 4.38. The van der Waals surface area contributed by atoms with Crippen LogP contribution in [0.3, 0.4) is 0 Å². The average molecular weight is 528 g/mol. The summed E-state index contributed by atoms with van der Waals surface area (Å²) in [7, 11) is 2.08. The second-order valence-corrected chi connectivity index (χ2v) is 9.46. The normalized spacial score (nSPS) is 11.8. The number of carbonyl (C=O) groups excluding carboxylic acids is 1. The second kappa shape index (κ2) is 12.3. The molecule has 0 radical (unpaired) electrons. The van der Waals surface area contributed by atoms with Crippen LogP contribution < -0.4 is 24.6 Å². The fraction of sp³-hybridized carbons (Fsp3) is 0.310. The van der Waals surface area contributed by atoms with Crippen LogP contribution in [0.5, 0.6) is 11.5 Å². The Morgan fingerprint density at radius 2 is 1.90 bits per heavy atom. The summed E-state index contributed by atoms with van der Waals surface area (Å²) < 4.78 is 12.6. The van der Waals surface area contributed by atoms with Gasteiger partial charge in [0, 0.05) is 56.5 Å². The van der Waals surface area contributed by atoms with E-state index in [9.17, 15) is 4.79 Å². The van der Waals surface area contributed by atoms with E-state index < -0.39 is 0 Å². The van der Waals surface area contributed by atoms with Gasteiger partial charge in [0.2, 0.25) is 18.6 Å². The van der Waals surface area contributed by atoms with Crippen LogP contribution >= 0.6 is 0 Å². The van der Waals surface area contributed by atoms with Crippen LogP contribution in [0.4, 0.5) is 11.5 Å². The highest BCUT2D eigenvalue weighted by Gasteiger charge is 2.17. The maximum atomic E-state index is 13.1. The lowest BCUT2D eigenvalue weighted by atomic mass is 10.1. The van der Waals surface area contributed by atoms with Crippen molar-refractivity contribution in [2.75, 3.05) is 49.8 Å². The van der Waals surface area contributed by atoms with Gasteiger partial charge in [-0.25, -0.2) is 9.97 Å². The molecular formula is C29H33N7O3. The number of benzene rings is 2. The smallest absolute Gasteiger partial charge is 0.239 e. The van der Waals surface area contributed by atoms with Crippen molar-refractivity contribution in [3.05, 3.63) is 84.6 Å². The predicted octanol–water partition coefficient (Wildman–Crippen LogP) is 3.39. The van der Waals surface area contributed by atoms with Crippen LogP contribution in [0.15, 0.2) is 73.3 Å². The summed E-state index contributed by atoms with van der Waals surface area (Å²) in [6.07, 6.45) is 6.71. The molecule has 3 heterocycles. The van der Waals surface area contributed by atoms with Crippen molar-refractivity contribution in [1.82, 2.24) is 24.8 Å². The summed E-state index contributed by atoms with van der Waals surface area (Å²) in [4.78, 5) is 30.7. The molecule has 1 amide bonds. The minimum atomic E-state index is -0.0624. The highest BCUT2D eigenvalue weighted by Crippen LogP contribution is 2.32. The molecule has 10 heteroatoms. The molecule has 0 unspecified atom stereocenters. The van der Waals surface area contributed by atoms with Gasteiger partial charge < -0.3 is 24.6 Å². The number of ether oxygens (including phenoxy) is 2. The third kappa shape index (κ3) is 6.84. The maximum absolute atomic E-state index is 13.1. The number of nitrogens with zero attached hydrogens (tertiary/aromatic N) is 6. The summed E-state index contributed by atoms with van der Waals surface area (Å²) in [5.41, 5.74) is 3.06. The monoisotopic (exact) mass is 527 g/mol. The van der Waals surface area contributed by atoms with Gasteiger partial charge in [0.15, 0.2) is 11.5 Å². The first-order chi connectivity index (χ1) is 19.0. The minimum Gasteiger partial charge on any atom is -0.454 e. The lowest BCUT2D eigenvalue weighted by Crippen LogP contribution is -2.40. The van der Waals surface area contributed by atoms with Gasteiger partial charge in [-0.2, -0.15) is 4.98 Å². The number of aryl methyl sites for hydroxylation is 1. The average Bonchev–Trinajstić information content (AvgIpc) is 3.65. The molecule has 1 N–H and O–H groups in total. The first-order valence-electron chi connectivity index (χ1n) is 13.1. The molecule has 0 atom stereocenters. The van der Waals surface area contributed by atoms with Gasteiger partial charge in [-0.05, 0) is 49.6 Å². The number of fused-ring (bicyclic) bond motifs is 1. The standard InChI is InChI=1S/C29H33N7O3/c1-22-17-27(33-29(32-22)36-16-13-30-20-36)35(15-6-14-34(2)24-7-4-3-5-8-24)19-28(37)31-12-11-23-9-10-25-26(18-23)39-21-38-25/h3-5,7-10,13,16-18,20H,6,11-12,14-15,19,21H2,1-2H3,(H,31,37). The van der Waals surface area contributed by atoms with Gasteiger partial charge in [-0.1, -0.05) is 24.3 Å². The lowest BCUT2D eigenvalue weighted by molar-refractivity contribution is -0.119. The molecular weight excluding hydrogens is 494 g/mol. The Balaban J connectivity index is 1.24. The van der Waals surface area contributed by atoms with Crippen molar-refractivity contribution >= 4 is 17.4 Å². The van der Waals surface area contributed by atoms with Gasteiger partial charge in [0.25, 0.3) is 0 Å². The first-order valence-corrected chi connectivity index (χ1v) is 13.1. The fourth-order valence-corrected chi connectivity index (χ4v) is 4.45. The molecule has 1 aliphatic heterocycles. The first kappa shape index (κ1) is 26.0. The molecule has 0 saturated heterocycles. The van der Waals surface area contributed by atoms with Crippen LogP contribution in [0.25, 0.3) is 5.95 Å². The van der Waals surface area contributed by atoms with E-state index in [-0.39, 0.29) is 19.2 Å². The number of aromatic nitrogens is 4. The number of hydrogen-bond acceptors (Lipinski definition) is 8. The predicted molar refractivity (Wildman–Crippen MR) is 150 cm³/mol. The molecule has 0 aliphatic carbocycles. The molecule has 2 aromatic heterocycles. The van der Waals surface area contributed by atoms with Crippen LogP contribution in [0.1, 0.15) is 17.7 Å². The zero-order valence-corrected chi connectivity index (χ0v) is 22.3. The molecule has 0 fully saturated rings. The van der Waals surface area contributed by atoms with Crippen molar-refractivity contribution in [2.45, 2.75) is 19.8 Å². The largest absolute Gasteiger partial charge is 0.454 e. The molecule has 5 rings (SSSR count). The number of anilines is 2. The van der Waals surface area contributed by atoms with E-state index in [1.165, 1.54) is 0 Å². The number of hydrogen-bond donors (Lipinski definition) is 1. The van der Waals surface area contributed by atoms with Crippen molar-refractivity contribution in [1.29, 1.82) is 0 Å². The second-order valence-electron chi connectivity index (χ2n) is 9.46. The number of carbonyl (C=O) groups is 1. The van der Waals surface area contributed by atoms with E-state index in [0.717, 1.165) is 41.4 Å². The SMILES string of the molecule is Cc1cc(N(CCCN(C)c2ccccc2)CC(=O)NCCc2ccc3c(c2)OCO3)nc(-n2ccnc2)n1. The third-order valence-electron chi connectivity index (χ3n) is 6.51. The van der Waals surface area contributed by atoms with Crippen molar-refractivity contribution < 1.29 is 14.3 Å². The van der Waals surface area contributed by atoms with Gasteiger partial charge in [-0.3, -0.25) is 9.36 Å². The molecule has 0 bridgehead atoms. The Morgan fingerprint density at radius 1 is 1.05 bits per heavy atom. The number of amides is 1. The fourth-order valence-electron chi connectivity index (χ4n) is 4.45. The third-order valence-corrected chi connectivity index (χ3v) is 6.51. The molecule has 4 aromatic rings. The molecule has 1 aliphatic rings. The minimum absolute atomic E-state index is 0.0624. The number of nitrogens with one attached hydrogen (secondary N) is 1. The highest BCUT2D eigenvalue weighted by atomic mass is 16.7. The Hall–Kier alpha value is -4.60. The number of imidazole rings is 1. The highest BCUT2D eigenvalue weighted by molar-refractivity contribution is 5.81. The Morgan fingerprint density at radius 3 is 2.72 bits per heavy atom. The maximum Gasteiger partial charge on any atom is 0.239 e. The van der Waals surface area contributed by atoms with Crippen LogP contribution in [0.2, 0.25) is 0 Å². The van der Waals surface area contributed by atoms with E-state index >= 15 is 0 Å². The summed E-state index contributed by atoms with van der Waals surface area (Å²) in [5, 5.41) is 3.06. The number of rotatable bonds is 12. The topological polar surface area (TPSA) is 97.6 Å². The van der Waals surface area contributed by atoms with Gasteiger partial charge in [0.05, 0.1) is 6.54 Å². The zero-order valence-electron chi connectivity index (χ0n) is 22.3. The Bertz CT molecular complexity index is 1380. The summed E-state index contributed by atoms with van der Waals surface area (Å²) in [5.74, 6) is 2.68. The van der Waals surface area contributed by atoms with E-state index in [1.54, 1.807) is 23.3 Å². The Kier molecular flexibility index (Phi) is 8.20. The van der Waals surface area contributed by atoms with Crippen LogP contribution in [0, 0.1) is 6.92 Å². The van der Waals surface area contributed by atoms with Gasteiger partial charge in [0.1, 0.15) is 12.1 Å². The van der Waals surface area contributed by atoms with Crippen LogP contribution in [-0.4, -0.2) is 65.4 Å².